The molecule has 0 amide bonds. The Hall–Kier alpha value is -0.640. The van der Waals surface area contributed by atoms with Crippen LogP contribution in [0.15, 0.2) is 24.3 Å². The van der Waals surface area contributed by atoms with Crippen LogP contribution < -0.4 is 5.32 Å². The van der Waals surface area contributed by atoms with E-state index in [0.29, 0.717) is 5.56 Å². The van der Waals surface area contributed by atoms with Gasteiger partial charge in [0.15, 0.2) is 0 Å². The molecule has 2 atom stereocenters. The number of halogens is 2. The molecule has 4 heteroatoms. The van der Waals surface area contributed by atoms with Crippen LogP contribution in [0, 0.1) is 5.82 Å². The van der Waals surface area contributed by atoms with E-state index in [0.717, 1.165) is 0 Å². The molecule has 1 aromatic carbocycles. The van der Waals surface area contributed by atoms with Gasteiger partial charge >= 0.3 is 0 Å². The maximum absolute atomic E-state index is 12.8. The zero-order valence-corrected chi connectivity index (χ0v) is 9.01. The summed E-state index contributed by atoms with van der Waals surface area (Å²) in [6.07, 6.45) is -0.666. The van der Waals surface area contributed by atoms with Gasteiger partial charge in [-0.25, -0.2) is 4.39 Å². The fraction of sp³-hybridized carbons (Fsp3) is 0.400. The summed E-state index contributed by atoms with van der Waals surface area (Å²) in [5.74, 6) is -0.320. The molecule has 80 valence electrons. The molecular weight excluding hydrogens is 205 g/mol. The first-order chi connectivity index (χ1) is 6.15. The van der Waals surface area contributed by atoms with E-state index in [1.54, 1.807) is 19.2 Å². The standard InChI is InChI=1S/C10H14FNO.ClH/c1-7(12-2)10(13)8-4-3-5-9(11)6-8;/h3-7,10,12-13H,1-2H3;1H. The quantitative estimate of drug-likeness (QED) is 0.814. The van der Waals surface area contributed by atoms with Crippen molar-refractivity contribution in [3.63, 3.8) is 0 Å². The fourth-order valence-electron chi connectivity index (χ4n) is 1.14. The van der Waals surface area contributed by atoms with Crippen molar-refractivity contribution in [1.82, 2.24) is 5.32 Å². The molecule has 0 bridgehead atoms. The molecule has 1 aromatic rings. The molecule has 0 saturated carbocycles. The molecule has 0 aliphatic rings. The molecule has 0 aromatic heterocycles. The summed E-state index contributed by atoms with van der Waals surface area (Å²) < 4.78 is 12.8. The summed E-state index contributed by atoms with van der Waals surface area (Å²) in [5.41, 5.74) is 0.599. The van der Waals surface area contributed by atoms with Crippen molar-refractivity contribution in [2.75, 3.05) is 7.05 Å². The Morgan fingerprint density at radius 3 is 2.57 bits per heavy atom. The number of aliphatic hydroxyl groups excluding tert-OH is 1. The highest BCUT2D eigenvalue weighted by Crippen LogP contribution is 2.16. The first-order valence-corrected chi connectivity index (χ1v) is 4.26. The topological polar surface area (TPSA) is 32.3 Å². The normalized spacial score (nSPS) is 14.3. The van der Waals surface area contributed by atoms with Crippen LogP contribution in [0.25, 0.3) is 0 Å². The number of hydrogen-bond acceptors (Lipinski definition) is 2. The third-order valence-corrected chi connectivity index (χ3v) is 2.12. The molecule has 0 spiro atoms. The second kappa shape index (κ2) is 5.96. The van der Waals surface area contributed by atoms with E-state index >= 15 is 0 Å². The Morgan fingerprint density at radius 1 is 1.43 bits per heavy atom. The van der Waals surface area contributed by atoms with Crippen molar-refractivity contribution in [3.8, 4) is 0 Å². The Balaban J connectivity index is 0.00000169. The second-order valence-corrected chi connectivity index (χ2v) is 3.08. The average Bonchev–Trinajstić information content (AvgIpc) is 2.15. The van der Waals surface area contributed by atoms with E-state index < -0.39 is 6.10 Å². The molecule has 0 heterocycles. The SMILES string of the molecule is CNC(C)C(O)c1cccc(F)c1.Cl. The zero-order valence-electron chi connectivity index (χ0n) is 8.20. The van der Waals surface area contributed by atoms with Gasteiger partial charge in [-0.2, -0.15) is 0 Å². The van der Waals surface area contributed by atoms with E-state index in [1.165, 1.54) is 12.1 Å². The number of likely N-dealkylation sites (N-methyl/N-ethyl adjacent to an activating group) is 1. The van der Waals surface area contributed by atoms with Crippen LogP contribution in [0.4, 0.5) is 4.39 Å². The lowest BCUT2D eigenvalue weighted by atomic mass is 10.0. The number of hydrogen-bond donors (Lipinski definition) is 2. The van der Waals surface area contributed by atoms with Crippen molar-refractivity contribution >= 4 is 12.4 Å². The zero-order chi connectivity index (χ0) is 9.84. The summed E-state index contributed by atoms with van der Waals surface area (Å²) in [4.78, 5) is 0. The van der Waals surface area contributed by atoms with Gasteiger partial charge in [-0.1, -0.05) is 12.1 Å². The van der Waals surface area contributed by atoms with Crippen LogP contribution in [0.5, 0.6) is 0 Å². The number of aliphatic hydroxyl groups is 1. The Kier molecular flexibility index (Phi) is 5.69. The maximum Gasteiger partial charge on any atom is 0.123 e. The van der Waals surface area contributed by atoms with E-state index in [2.05, 4.69) is 5.32 Å². The predicted octanol–water partition coefficient (Wildman–Crippen LogP) is 1.89. The Labute approximate surface area is 89.6 Å². The van der Waals surface area contributed by atoms with E-state index in [-0.39, 0.29) is 24.3 Å². The lowest BCUT2D eigenvalue weighted by Crippen LogP contribution is -2.28. The smallest absolute Gasteiger partial charge is 0.123 e. The third-order valence-electron chi connectivity index (χ3n) is 2.12. The molecule has 2 N–H and O–H groups in total. The maximum atomic E-state index is 12.8. The predicted molar refractivity (Wildman–Crippen MR) is 57.1 cm³/mol. The molecule has 0 saturated heterocycles. The summed E-state index contributed by atoms with van der Waals surface area (Å²) in [6, 6.07) is 5.93. The van der Waals surface area contributed by atoms with Gasteiger partial charge in [0.25, 0.3) is 0 Å². The molecule has 0 aliphatic heterocycles. The largest absolute Gasteiger partial charge is 0.387 e. The van der Waals surface area contributed by atoms with Gasteiger partial charge in [0, 0.05) is 6.04 Å². The highest BCUT2D eigenvalue weighted by molar-refractivity contribution is 5.85. The van der Waals surface area contributed by atoms with Gasteiger partial charge < -0.3 is 10.4 Å². The fourth-order valence-corrected chi connectivity index (χ4v) is 1.14. The molecule has 2 unspecified atom stereocenters. The molecule has 0 fully saturated rings. The molecule has 14 heavy (non-hydrogen) atoms. The van der Waals surface area contributed by atoms with Crippen molar-refractivity contribution in [2.45, 2.75) is 19.1 Å². The van der Waals surface area contributed by atoms with Gasteiger partial charge in [0.1, 0.15) is 5.82 Å². The van der Waals surface area contributed by atoms with Crippen LogP contribution in [-0.2, 0) is 0 Å². The molecule has 2 nitrogen and oxygen atoms in total. The van der Waals surface area contributed by atoms with Crippen LogP contribution in [-0.4, -0.2) is 18.2 Å². The summed E-state index contributed by atoms with van der Waals surface area (Å²) in [5, 5.41) is 12.6. The molecule has 1 rings (SSSR count). The van der Waals surface area contributed by atoms with E-state index in [1.807, 2.05) is 6.92 Å². The Morgan fingerprint density at radius 2 is 2.07 bits per heavy atom. The number of nitrogens with one attached hydrogen (secondary N) is 1. The first kappa shape index (κ1) is 13.4. The average molecular weight is 220 g/mol. The van der Waals surface area contributed by atoms with Crippen molar-refractivity contribution in [1.29, 1.82) is 0 Å². The number of rotatable bonds is 3. The van der Waals surface area contributed by atoms with Crippen molar-refractivity contribution in [3.05, 3.63) is 35.6 Å². The minimum Gasteiger partial charge on any atom is -0.387 e. The monoisotopic (exact) mass is 219 g/mol. The summed E-state index contributed by atoms with van der Waals surface area (Å²) in [7, 11) is 1.76. The van der Waals surface area contributed by atoms with Gasteiger partial charge in [0.05, 0.1) is 6.10 Å². The minimum absolute atomic E-state index is 0. The van der Waals surface area contributed by atoms with Gasteiger partial charge in [-0.15, -0.1) is 12.4 Å². The van der Waals surface area contributed by atoms with E-state index in [4.69, 9.17) is 0 Å². The van der Waals surface area contributed by atoms with Crippen LogP contribution >= 0.6 is 12.4 Å². The molecular formula is C10H15ClFNO. The molecule has 0 aliphatic carbocycles. The second-order valence-electron chi connectivity index (χ2n) is 3.08. The minimum atomic E-state index is -0.666. The lowest BCUT2D eigenvalue weighted by molar-refractivity contribution is 0.140. The lowest BCUT2D eigenvalue weighted by Gasteiger charge is -2.18. The van der Waals surface area contributed by atoms with Gasteiger partial charge in [-0.3, -0.25) is 0 Å². The van der Waals surface area contributed by atoms with Crippen LogP contribution in [0.2, 0.25) is 0 Å². The van der Waals surface area contributed by atoms with Gasteiger partial charge in [-0.05, 0) is 31.7 Å². The molecule has 0 radical (unpaired) electrons. The van der Waals surface area contributed by atoms with Crippen LogP contribution in [0.1, 0.15) is 18.6 Å². The van der Waals surface area contributed by atoms with Crippen molar-refractivity contribution < 1.29 is 9.50 Å². The van der Waals surface area contributed by atoms with Gasteiger partial charge in [0.2, 0.25) is 0 Å². The van der Waals surface area contributed by atoms with Crippen molar-refractivity contribution in [2.24, 2.45) is 0 Å². The summed E-state index contributed by atoms with van der Waals surface area (Å²) >= 11 is 0. The Bertz CT molecular complexity index is 283. The number of benzene rings is 1. The first-order valence-electron chi connectivity index (χ1n) is 4.26. The highest BCUT2D eigenvalue weighted by atomic mass is 35.5. The summed E-state index contributed by atoms with van der Waals surface area (Å²) in [6.45, 7) is 1.84. The van der Waals surface area contributed by atoms with Crippen LogP contribution in [0.3, 0.4) is 0 Å². The van der Waals surface area contributed by atoms with E-state index in [9.17, 15) is 9.50 Å². The highest BCUT2D eigenvalue weighted by Gasteiger charge is 2.14. The third kappa shape index (κ3) is 3.25.